The fraction of sp³-hybridized carbons (Fsp3) is 0.600. The van der Waals surface area contributed by atoms with Crippen molar-refractivity contribution in [3.8, 4) is 0 Å². The lowest BCUT2D eigenvalue weighted by molar-refractivity contribution is 0.0903. The van der Waals surface area contributed by atoms with Gasteiger partial charge in [-0.2, -0.15) is 0 Å². The molecule has 0 saturated heterocycles. The lowest BCUT2D eigenvalue weighted by Gasteiger charge is -2.50. The Balaban J connectivity index is 2.23. The summed E-state index contributed by atoms with van der Waals surface area (Å²) in [6, 6.07) is 8.66. The van der Waals surface area contributed by atoms with Crippen LogP contribution in [-0.4, -0.2) is 24.3 Å². The van der Waals surface area contributed by atoms with Crippen molar-refractivity contribution in [1.82, 2.24) is 0 Å². The Morgan fingerprint density at radius 3 is 2.71 bits per heavy atom. The summed E-state index contributed by atoms with van der Waals surface area (Å²) in [5.74, 6) is 0. The Kier molecular flexibility index (Phi) is 2.27. The van der Waals surface area contributed by atoms with Gasteiger partial charge in [0.2, 0.25) is 0 Å². The third-order valence-corrected chi connectivity index (χ3v) is 5.31. The van der Waals surface area contributed by atoms with Gasteiger partial charge in [0.05, 0.1) is 12.1 Å². The van der Waals surface area contributed by atoms with E-state index in [0.29, 0.717) is 0 Å². The van der Waals surface area contributed by atoms with E-state index in [-0.39, 0.29) is 17.6 Å². The van der Waals surface area contributed by atoms with Crippen molar-refractivity contribution >= 4 is 5.69 Å². The molecule has 0 amide bonds. The average molecular weight is 231 g/mol. The zero-order valence-corrected chi connectivity index (χ0v) is 10.7. The summed E-state index contributed by atoms with van der Waals surface area (Å²) in [4.78, 5) is 2.33. The molecule has 1 aromatic rings. The summed E-state index contributed by atoms with van der Waals surface area (Å²) in [7, 11) is 2.14. The smallest absolute Gasteiger partial charge is 0.0723 e. The third kappa shape index (κ3) is 1.14. The quantitative estimate of drug-likeness (QED) is 0.803. The van der Waals surface area contributed by atoms with Gasteiger partial charge in [0, 0.05) is 18.2 Å². The molecule has 3 rings (SSSR count). The standard InChI is InChI=1S/C15H21NO/c1-14-9-5-6-10-15(14,11-17)16(2)13-8-4-3-7-12(13)14/h3-4,7-8,17H,5-6,9-11H2,1-2H3. The van der Waals surface area contributed by atoms with E-state index in [1.165, 1.54) is 30.5 Å². The van der Waals surface area contributed by atoms with Crippen molar-refractivity contribution in [2.75, 3.05) is 18.6 Å². The maximum atomic E-state index is 10.0. The van der Waals surface area contributed by atoms with E-state index in [9.17, 15) is 5.11 Å². The molecule has 2 aliphatic rings. The normalized spacial score (nSPS) is 35.6. The number of hydrogen-bond donors (Lipinski definition) is 1. The fourth-order valence-electron chi connectivity index (χ4n) is 4.15. The molecule has 0 radical (unpaired) electrons. The van der Waals surface area contributed by atoms with Crippen molar-refractivity contribution in [2.24, 2.45) is 0 Å². The Hall–Kier alpha value is -1.02. The van der Waals surface area contributed by atoms with Crippen molar-refractivity contribution in [3.05, 3.63) is 29.8 Å². The van der Waals surface area contributed by atoms with E-state index in [2.05, 4.69) is 43.1 Å². The Morgan fingerprint density at radius 1 is 1.24 bits per heavy atom. The van der Waals surface area contributed by atoms with Gasteiger partial charge in [0.15, 0.2) is 0 Å². The average Bonchev–Trinajstić information content (AvgIpc) is 2.58. The number of rotatable bonds is 1. The van der Waals surface area contributed by atoms with E-state index < -0.39 is 0 Å². The zero-order chi connectivity index (χ0) is 12.1. The van der Waals surface area contributed by atoms with Crippen LogP contribution in [0.25, 0.3) is 0 Å². The minimum atomic E-state index is -0.0745. The second kappa shape index (κ2) is 3.49. The van der Waals surface area contributed by atoms with Crippen LogP contribution < -0.4 is 4.90 Å². The lowest BCUT2D eigenvalue weighted by Crippen LogP contribution is -2.59. The molecule has 0 spiro atoms. The highest BCUT2D eigenvalue weighted by molar-refractivity contribution is 5.66. The van der Waals surface area contributed by atoms with Gasteiger partial charge >= 0.3 is 0 Å². The molecule has 0 bridgehead atoms. The van der Waals surface area contributed by atoms with Gasteiger partial charge < -0.3 is 10.0 Å². The molecule has 1 heterocycles. The van der Waals surface area contributed by atoms with E-state index in [0.717, 1.165) is 6.42 Å². The first kappa shape index (κ1) is 11.1. The fourth-order valence-corrected chi connectivity index (χ4v) is 4.15. The number of benzene rings is 1. The third-order valence-electron chi connectivity index (χ3n) is 5.31. The number of nitrogens with zero attached hydrogens (tertiary/aromatic N) is 1. The molecule has 0 aromatic heterocycles. The van der Waals surface area contributed by atoms with Gasteiger partial charge in [-0.15, -0.1) is 0 Å². The first-order valence-corrected chi connectivity index (χ1v) is 6.60. The van der Waals surface area contributed by atoms with E-state index in [1.54, 1.807) is 0 Å². The Labute approximate surface area is 103 Å². The summed E-state index contributed by atoms with van der Waals surface area (Å²) >= 11 is 0. The number of aliphatic hydroxyl groups is 1. The Bertz CT molecular complexity index is 444. The van der Waals surface area contributed by atoms with E-state index in [4.69, 9.17) is 0 Å². The number of likely N-dealkylation sites (N-methyl/N-ethyl adjacent to an activating group) is 1. The predicted molar refractivity (Wildman–Crippen MR) is 70.5 cm³/mol. The van der Waals surface area contributed by atoms with Crippen LogP contribution >= 0.6 is 0 Å². The van der Waals surface area contributed by atoms with Crippen molar-refractivity contribution in [3.63, 3.8) is 0 Å². The number of anilines is 1. The first-order chi connectivity index (χ1) is 8.16. The highest BCUT2D eigenvalue weighted by atomic mass is 16.3. The number of para-hydroxylation sites is 1. The van der Waals surface area contributed by atoms with Crippen LogP contribution in [-0.2, 0) is 5.41 Å². The SMILES string of the molecule is CN1c2ccccc2C2(C)CCCCC12CO. The molecule has 17 heavy (non-hydrogen) atoms. The number of hydrogen-bond acceptors (Lipinski definition) is 2. The lowest BCUT2D eigenvalue weighted by atomic mass is 9.61. The van der Waals surface area contributed by atoms with Crippen LogP contribution in [0.4, 0.5) is 5.69 Å². The van der Waals surface area contributed by atoms with Crippen LogP contribution in [0, 0.1) is 0 Å². The minimum Gasteiger partial charge on any atom is -0.394 e. The molecule has 1 N–H and O–H groups in total. The highest BCUT2D eigenvalue weighted by Crippen LogP contribution is 2.57. The number of fused-ring (bicyclic) bond motifs is 3. The largest absolute Gasteiger partial charge is 0.394 e. The van der Waals surface area contributed by atoms with Gasteiger partial charge in [0.25, 0.3) is 0 Å². The Morgan fingerprint density at radius 2 is 1.94 bits per heavy atom. The molecule has 2 nitrogen and oxygen atoms in total. The van der Waals surface area contributed by atoms with Crippen molar-refractivity contribution < 1.29 is 5.11 Å². The minimum absolute atomic E-state index is 0.0745. The molecule has 1 saturated carbocycles. The molecule has 1 aliphatic heterocycles. The predicted octanol–water partition coefficient (Wildman–Crippen LogP) is 2.70. The van der Waals surface area contributed by atoms with Crippen LogP contribution in [0.1, 0.15) is 38.2 Å². The molecule has 92 valence electrons. The monoisotopic (exact) mass is 231 g/mol. The summed E-state index contributed by atoms with van der Waals surface area (Å²) in [6.45, 7) is 2.60. The topological polar surface area (TPSA) is 23.5 Å². The van der Waals surface area contributed by atoms with Crippen LogP contribution in [0.15, 0.2) is 24.3 Å². The second-order valence-corrected chi connectivity index (χ2v) is 5.81. The summed E-state index contributed by atoms with van der Waals surface area (Å²) in [6.07, 6.45) is 4.80. The van der Waals surface area contributed by atoms with E-state index in [1.807, 2.05) is 0 Å². The van der Waals surface area contributed by atoms with Crippen LogP contribution in [0.5, 0.6) is 0 Å². The zero-order valence-electron chi connectivity index (χ0n) is 10.7. The highest BCUT2D eigenvalue weighted by Gasteiger charge is 2.58. The van der Waals surface area contributed by atoms with Crippen molar-refractivity contribution in [1.29, 1.82) is 0 Å². The summed E-state index contributed by atoms with van der Waals surface area (Å²) in [5.41, 5.74) is 2.78. The second-order valence-electron chi connectivity index (χ2n) is 5.81. The maximum absolute atomic E-state index is 10.0. The van der Waals surface area contributed by atoms with Gasteiger partial charge in [0.1, 0.15) is 0 Å². The van der Waals surface area contributed by atoms with Crippen LogP contribution in [0.3, 0.4) is 0 Å². The van der Waals surface area contributed by atoms with Gasteiger partial charge in [-0.1, -0.05) is 38.0 Å². The van der Waals surface area contributed by atoms with Crippen molar-refractivity contribution in [2.45, 2.75) is 43.6 Å². The molecule has 2 atom stereocenters. The molecule has 2 heteroatoms. The number of aliphatic hydroxyl groups excluding tert-OH is 1. The molecule has 2 unspecified atom stereocenters. The van der Waals surface area contributed by atoms with Gasteiger partial charge in [-0.3, -0.25) is 0 Å². The molecular weight excluding hydrogens is 210 g/mol. The van der Waals surface area contributed by atoms with Crippen LogP contribution in [0.2, 0.25) is 0 Å². The molecule has 1 aromatic carbocycles. The summed E-state index contributed by atoms with van der Waals surface area (Å²) in [5, 5.41) is 10.0. The summed E-state index contributed by atoms with van der Waals surface area (Å²) < 4.78 is 0. The van der Waals surface area contributed by atoms with Gasteiger partial charge in [-0.25, -0.2) is 0 Å². The molecule has 1 aliphatic carbocycles. The molecule has 1 fully saturated rings. The molecular formula is C15H21NO. The van der Waals surface area contributed by atoms with E-state index >= 15 is 0 Å². The maximum Gasteiger partial charge on any atom is 0.0723 e. The van der Waals surface area contributed by atoms with Gasteiger partial charge in [-0.05, 0) is 24.5 Å². The first-order valence-electron chi connectivity index (χ1n) is 6.60.